The summed E-state index contributed by atoms with van der Waals surface area (Å²) in [6.07, 6.45) is 0. The van der Waals surface area contributed by atoms with Crippen LogP contribution in [0.25, 0.3) is 0 Å². The van der Waals surface area contributed by atoms with E-state index in [1.54, 1.807) is 4.90 Å². The van der Waals surface area contributed by atoms with Crippen LogP contribution in [0.3, 0.4) is 0 Å². The summed E-state index contributed by atoms with van der Waals surface area (Å²) in [4.78, 5) is 42.3. The standard InChI is InChI=1S/C14H19N5O4S/c1-3-17(4-2)14(21)11-7-24-8-18(11)13(20)9-5-6-10(19(22)23)12(15)16-9/h5-6,11H,3-4,7-8H2,1-2H3,(H2,15,16)/t11-/m1/s1. The molecule has 9 nitrogen and oxygen atoms in total. The van der Waals surface area contributed by atoms with Gasteiger partial charge in [0.05, 0.1) is 10.8 Å². The highest BCUT2D eigenvalue weighted by Crippen LogP contribution is 2.26. The third-order valence-corrected chi connectivity index (χ3v) is 4.83. The highest BCUT2D eigenvalue weighted by molar-refractivity contribution is 7.99. The highest BCUT2D eigenvalue weighted by Gasteiger charge is 2.37. The van der Waals surface area contributed by atoms with Gasteiger partial charge in [-0.2, -0.15) is 0 Å². The number of thioether (sulfide) groups is 1. The van der Waals surface area contributed by atoms with Crippen LogP contribution in [-0.4, -0.2) is 62.3 Å². The van der Waals surface area contributed by atoms with Gasteiger partial charge in [-0.3, -0.25) is 19.7 Å². The zero-order valence-electron chi connectivity index (χ0n) is 13.5. The van der Waals surface area contributed by atoms with E-state index >= 15 is 0 Å². The maximum Gasteiger partial charge on any atom is 0.311 e. The summed E-state index contributed by atoms with van der Waals surface area (Å²) in [5.41, 5.74) is 5.19. The number of rotatable bonds is 5. The van der Waals surface area contributed by atoms with E-state index in [9.17, 15) is 19.7 Å². The topological polar surface area (TPSA) is 123 Å². The quantitative estimate of drug-likeness (QED) is 0.617. The number of nitrogens with two attached hydrogens (primary N) is 1. The van der Waals surface area contributed by atoms with Crippen molar-refractivity contribution in [1.29, 1.82) is 0 Å². The van der Waals surface area contributed by atoms with E-state index in [1.807, 2.05) is 13.8 Å². The second-order valence-electron chi connectivity index (χ2n) is 5.16. The number of aromatic nitrogens is 1. The molecule has 10 heteroatoms. The van der Waals surface area contributed by atoms with Gasteiger partial charge in [-0.15, -0.1) is 11.8 Å². The maximum atomic E-state index is 12.6. The van der Waals surface area contributed by atoms with Gasteiger partial charge in [-0.05, 0) is 19.9 Å². The number of likely N-dealkylation sites (N-methyl/N-ethyl adjacent to an activating group) is 1. The molecule has 2 amide bonds. The summed E-state index contributed by atoms with van der Waals surface area (Å²) < 4.78 is 0. The predicted molar refractivity (Wildman–Crippen MR) is 90.5 cm³/mol. The van der Waals surface area contributed by atoms with Crippen molar-refractivity contribution in [2.75, 3.05) is 30.5 Å². The number of pyridine rings is 1. The fourth-order valence-corrected chi connectivity index (χ4v) is 3.63. The molecule has 1 saturated heterocycles. The van der Waals surface area contributed by atoms with E-state index in [1.165, 1.54) is 22.7 Å². The molecule has 1 aromatic rings. The van der Waals surface area contributed by atoms with Crippen LogP contribution in [0.4, 0.5) is 11.5 Å². The van der Waals surface area contributed by atoms with Gasteiger partial charge >= 0.3 is 5.69 Å². The molecule has 0 radical (unpaired) electrons. The average molecular weight is 353 g/mol. The number of hydrogen-bond acceptors (Lipinski definition) is 7. The normalized spacial score (nSPS) is 16.9. The predicted octanol–water partition coefficient (Wildman–Crippen LogP) is 0.955. The Morgan fingerprint density at radius 2 is 2.12 bits per heavy atom. The lowest BCUT2D eigenvalue weighted by Gasteiger charge is -2.28. The Balaban J connectivity index is 2.23. The minimum absolute atomic E-state index is 0.00190. The van der Waals surface area contributed by atoms with Gasteiger partial charge in [-0.25, -0.2) is 4.98 Å². The molecule has 0 aromatic carbocycles. The SMILES string of the molecule is CCN(CC)C(=O)[C@H]1CSCN1C(=O)c1ccc([N+](=O)[O-])c(N)n1. The van der Waals surface area contributed by atoms with Gasteiger partial charge in [0.25, 0.3) is 5.91 Å². The Morgan fingerprint density at radius 3 is 2.67 bits per heavy atom. The van der Waals surface area contributed by atoms with E-state index in [0.29, 0.717) is 24.7 Å². The number of amides is 2. The molecule has 1 fully saturated rings. The van der Waals surface area contributed by atoms with Crippen LogP contribution < -0.4 is 5.73 Å². The monoisotopic (exact) mass is 353 g/mol. The van der Waals surface area contributed by atoms with Gasteiger partial charge in [0, 0.05) is 24.9 Å². The second kappa shape index (κ2) is 7.47. The Hall–Kier alpha value is -2.36. The number of hydrogen-bond donors (Lipinski definition) is 1. The first-order chi connectivity index (χ1) is 11.4. The van der Waals surface area contributed by atoms with Crippen molar-refractivity contribution in [2.24, 2.45) is 0 Å². The average Bonchev–Trinajstić information content (AvgIpc) is 3.04. The lowest BCUT2D eigenvalue weighted by atomic mass is 10.2. The summed E-state index contributed by atoms with van der Waals surface area (Å²) in [6.45, 7) is 4.91. The molecule has 0 unspecified atom stereocenters. The second-order valence-corrected chi connectivity index (χ2v) is 6.16. The third-order valence-electron chi connectivity index (χ3n) is 3.82. The minimum Gasteiger partial charge on any atom is -0.378 e. The molecule has 0 saturated carbocycles. The Labute approximate surface area is 143 Å². The van der Waals surface area contributed by atoms with E-state index in [0.717, 1.165) is 6.07 Å². The van der Waals surface area contributed by atoms with E-state index in [2.05, 4.69) is 4.98 Å². The summed E-state index contributed by atoms with van der Waals surface area (Å²) in [5.74, 6) is 0.0168. The van der Waals surface area contributed by atoms with Crippen molar-refractivity contribution in [3.8, 4) is 0 Å². The minimum atomic E-state index is -0.658. The first kappa shape index (κ1) is 18.0. The number of nitrogen functional groups attached to an aromatic ring is 1. The Morgan fingerprint density at radius 1 is 1.46 bits per heavy atom. The van der Waals surface area contributed by atoms with Crippen LogP contribution in [0.5, 0.6) is 0 Å². The molecule has 130 valence electrons. The van der Waals surface area contributed by atoms with Crippen LogP contribution in [0, 0.1) is 10.1 Å². The first-order valence-corrected chi connectivity index (χ1v) is 8.64. The molecule has 2 heterocycles. The molecule has 0 bridgehead atoms. The summed E-state index contributed by atoms with van der Waals surface area (Å²) in [6, 6.07) is 1.86. The molecular formula is C14H19N5O4S. The number of nitro groups is 1. The molecule has 0 spiro atoms. The zero-order valence-corrected chi connectivity index (χ0v) is 14.3. The molecule has 1 atom stereocenters. The van der Waals surface area contributed by atoms with Crippen molar-refractivity contribution < 1.29 is 14.5 Å². The summed E-state index contributed by atoms with van der Waals surface area (Å²) >= 11 is 1.48. The molecule has 0 aliphatic carbocycles. The largest absolute Gasteiger partial charge is 0.378 e. The van der Waals surface area contributed by atoms with Crippen molar-refractivity contribution in [2.45, 2.75) is 19.9 Å². The van der Waals surface area contributed by atoms with Crippen molar-refractivity contribution in [3.05, 3.63) is 27.9 Å². The van der Waals surface area contributed by atoms with Gasteiger partial charge in [0.2, 0.25) is 11.7 Å². The lowest BCUT2D eigenvalue weighted by molar-refractivity contribution is -0.384. The van der Waals surface area contributed by atoms with E-state index < -0.39 is 16.9 Å². The van der Waals surface area contributed by atoms with Crippen LogP contribution in [-0.2, 0) is 4.79 Å². The van der Waals surface area contributed by atoms with Crippen molar-refractivity contribution in [3.63, 3.8) is 0 Å². The summed E-state index contributed by atoms with van der Waals surface area (Å²) in [7, 11) is 0. The van der Waals surface area contributed by atoms with Crippen molar-refractivity contribution in [1.82, 2.24) is 14.8 Å². The van der Waals surface area contributed by atoms with Crippen molar-refractivity contribution >= 4 is 35.1 Å². The Bertz CT molecular complexity index is 665. The van der Waals surface area contributed by atoms with E-state index in [-0.39, 0.29) is 23.1 Å². The lowest BCUT2D eigenvalue weighted by Crippen LogP contribution is -2.49. The number of carbonyl (C=O) groups is 2. The van der Waals surface area contributed by atoms with Crippen LogP contribution in [0.15, 0.2) is 12.1 Å². The number of nitrogens with zero attached hydrogens (tertiary/aromatic N) is 4. The molecule has 1 aliphatic heterocycles. The maximum absolute atomic E-state index is 12.6. The van der Waals surface area contributed by atoms with Crippen LogP contribution in [0.2, 0.25) is 0 Å². The van der Waals surface area contributed by atoms with Gasteiger partial charge in [0.15, 0.2) is 0 Å². The van der Waals surface area contributed by atoms with E-state index in [4.69, 9.17) is 5.73 Å². The molecule has 24 heavy (non-hydrogen) atoms. The molecule has 2 N–H and O–H groups in total. The van der Waals surface area contributed by atoms with Crippen LogP contribution >= 0.6 is 11.8 Å². The highest BCUT2D eigenvalue weighted by atomic mass is 32.2. The molecular weight excluding hydrogens is 334 g/mol. The molecule has 2 rings (SSSR count). The fourth-order valence-electron chi connectivity index (χ4n) is 2.48. The fraction of sp³-hybridized carbons (Fsp3) is 0.500. The Kier molecular flexibility index (Phi) is 5.60. The first-order valence-electron chi connectivity index (χ1n) is 7.49. The molecule has 1 aliphatic rings. The number of carbonyl (C=O) groups excluding carboxylic acids is 2. The number of anilines is 1. The third kappa shape index (κ3) is 3.42. The van der Waals surface area contributed by atoms with Crippen LogP contribution in [0.1, 0.15) is 24.3 Å². The van der Waals surface area contributed by atoms with Gasteiger partial charge in [-0.1, -0.05) is 0 Å². The smallest absolute Gasteiger partial charge is 0.311 e. The zero-order chi connectivity index (χ0) is 17.9. The van der Waals surface area contributed by atoms with Gasteiger partial charge in [0.1, 0.15) is 11.7 Å². The summed E-state index contributed by atoms with van der Waals surface area (Å²) in [5, 5.41) is 10.8. The van der Waals surface area contributed by atoms with Gasteiger partial charge < -0.3 is 15.5 Å². The molecule has 1 aromatic heterocycles.